The zero-order valence-electron chi connectivity index (χ0n) is 5.76. The number of allylic oxidation sites excluding steroid dienone is 1. The van der Waals surface area contributed by atoms with Gasteiger partial charge in [-0.1, -0.05) is 6.08 Å². The quantitative estimate of drug-likeness (QED) is 0.403. The fourth-order valence-corrected chi connectivity index (χ4v) is 0.464. The number of rotatable bonds is 2. The average molecular weight is 128 g/mol. The highest BCUT2D eigenvalue weighted by atomic mass is 16.3. The van der Waals surface area contributed by atoms with Crippen LogP contribution in [-0.2, 0) is 0 Å². The first-order chi connectivity index (χ1) is 4.26. The number of hydrogen-bond donors (Lipinski definition) is 2. The van der Waals surface area contributed by atoms with Crippen LogP contribution in [0.2, 0.25) is 0 Å². The molecule has 3 heteroatoms. The first-order valence-electron chi connectivity index (χ1n) is 2.75. The van der Waals surface area contributed by atoms with E-state index >= 15 is 0 Å². The number of nitrogens with zero attached hydrogens (tertiary/aromatic N) is 1. The molecule has 0 aliphatic rings. The van der Waals surface area contributed by atoms with Crippen LogP contribution >= 0.6 is 0 Å². The van der Waals surface area contributed by atoms with Crippen LogP contribution in [0.5, 0.6) is 0 Å². The fourth-order valence-electron chi connectivity index (χ4n) is 0.464. The van der Waals surface area contributed by atoms with E-state index in [0.29, 0.717) is 11.4 Å². The summed E-state index contributed by atoms with van der Waals surface area (Å²) in [5.74, 6) is 0.403. The molecule has 0 fully saturated rings. The molecular formula is C6H12N2O. The molecule has 0 aromatic rings. The molecule has 0 aliphatic heterocycles. The third-order valence-electron chi connectivity index (χ3n) is 1.09. The van der Waals surface area contributed by atoms with Gasteiger partial charge in [0.1, 0.15) is 5.84 Å². The molecule has 0 aromatic heterocycles. The Morgan fingerprint density at radius 2 is 2.33 bits per heavy atom. The van der Waals surface area contributed by atoms with Crippen molar-refractivity contribution in [3.05, 3.63) is 11.6 Å². The molecule has 0 rings (SSSR count). The average Bonchev–Trinajstić information content (AvgIpc) is 1.90. The van der Waals surface area contributed by atoms with Gasteiger partial charge in [-0.25, -0.2) is 0 Å². The van der Waals surface area contributed by atoms with Gasteiger partial charge in [-0.3, -0.25) is 4.99 Å². The van der Waals surface area contributed by atoms with Gasteiger partial charge in [-0.15, -0.1) is 0 Å². The molecule has 0 radical (unpaired) electrons. The molecule has 9 heavy (non-hydrogen) atoms. The molecule has 0 saturated heterocycles. The fraction of sp³-hybridized carbons (Fsp3) is 0.500. The summed E-state index contributed by atoms with van der Waals surface area (Å²) in [7, 11) is 1.59. The van der Waals surface area contributed by atoms with Gasteiger partial charge < -0.3 is 10.8 Å². The monoisotopic (exact) mass is 128 g/mol. The molecule has 3 N–H and O–H groups in total. The van der Waals surface area contributed by atoms with Crippen LogP contribution < -0.4 is 5.73 Å². The maximum absolute atomic E-state index is 8.60. The lowest BCUT2D eigenvalue weighted by atomic mass is 10.2. The molecule has 0 spiro atoms. The van der Waals surface area contributed by atoms with Gasteiger partial charge in [0.25, 0.3) is 0 Å². The molecule has 0 bridgehead atoms. The molecule has 0 amide bonds. The standard InChI is InChI=1S/C6H12N2O/c1-3-5(4-9)6(7)8-2/h3,9H,4H2,1-2H3,(H2,7,8)/b5-3-. The normalized spacial score (nSPS) is 14.1. The van der Waals surface area contributed by atoms with Crippen molar-refractivity contribution in [2.45, 2.75) is 6.92 Å². The number of nitrogens with two attached hydrogens (primary N) is 1. The van der Waals surface area contributed by atoms with Crippen LogP contribution in [0.15, 0.2) is 16.6 Å². The van der Waals surface area contributed by atoms with E-state index in [-0.39, 0.29) is 6.61 Å². The Morgan fingerprint density at radius 1 is 1.78 bits per heavy atom. The lowest BCUT2D eigenvalue weighted by Gasteiger charge is -1.98. The Kier molecular flexibility index (Phi) is 3.71. The molecular weight excluding hydrogens is 116 g/mol. The molecule has 0 unspecified atom stereocenters. The highest BCUT2D eigenvalue weighted by molar-refractivity contribution is 5.96. The van der Waals surface area contributed by atoms with Gasteiger partial charge >= 0.3 is 0 Å². The predicted molar refractivity (Wildman–Crippen MR) is 38.4 cm³/mol. The van der Waals surface area contributed by atoms with Crippen LogP contribution in [0.25, 0.3) is 0 Å². The Bertz CT molecular complexity index is 138. The Morgan fingerprint density at radius 3 is 2.44 bits per heavy atom. The Hall–Kier alpha value is -0.830. The predicted octanol–water partition coefficient (Wildman–Crippen LogP) is -0.0880. The van der Waals surface area contributed by atoms with Gasteiger partial charge in [0.05, 0.1) is 6.61 Å². The van der Waals surface area contributed by atoms with Gasteiger partial charge in [0.2, 0.25) is 0 Å². The molecule has 0 aliphatic carbocycles. The first kappa shape index (κ1) is 8.17. The molecule has 0 aromatic carbocycles. The maximum atomic E-state index is 8.60. The third-order valence-corrected chi connectivity index (χ3v) is 1.09. The van der Waals surface area contributed by atoms with E-state index < -0.39 is 0 Å². The largest absolute Gasteiger partial charge is 0.392 e. The van der Waals surface area contributed by atoms with E-state index in [0.717, 1.165) is 0 Å². The summed E-state index contributed by atoms with van der Waals surface area (Å²) in [4.78, 5) is 3.70. The summed E-state index contributed by atoms with van der Waals surface area (Å²) in [6.45, 7) is 1.77. The maximum Gasteiger partial charge on any atom is 0.123 e. The minimum Gasteiger partial charge on any atom is -0.392 e. The Balaban J connectivity index is 4.14. The van der Waals surface area contributed by atoms with Crippen molar-refractivity contribution in [2.75, 3.05) is 13.7 Å². The van der Waals surface area contributed by atoms with Gasteiger partial charge in [-0.05, 0) is 6.92 Å². The number of aliphatic hydroxyl groups is 1. The molecule has 52 valence electrons. The van der Waals surface area contributed by atoms with Crippen LogP contribution in [0.3, 0.4) is 0 Å². The lowest BCUT2D eigenvalue weighted by molar-refractivity contribution is 0.336. The van der Waals surface area contributed by atoms with Crippen molar-refractivity contribution in [2.24, 2.45) is 10.7 Å². The van der Waals surface area contributed by atoms with Gasteiger partial charge in [0.15, 0.2) is 0 Å². The summed E-state index contributed by atoms with van der Waals surface area (Å²) in [6, 6.07) is 0. The number of hydrogen-bond acceptors (Lipinski definition) is 2. The van der Waals surface area contributed by atoms with Crippen molar-refractivity contribution < 1.29 is 5.11 Å². The second kappa shape index (κ2) is 4.09. The minimum absolute atomic E-state index is 0.0420. The third kappa shape index (κ3) is 2.28. The Labute approximate surface area is 54.9 Å². The smallest absolute Gasteiger partial charge is 0.123 e. The van der Waals surface area contributed by atoms with Crippen molar-refractivity contribution in [3.8, 4) is 0 Å². The van der Waals surface area contributed by atoms with Crippen molar-refractivity contribution in [1.82, 2.24) is 0 Å². The number of aliphatic imine (C=N–C) groups is 1. The summed E-state index contributed by atoms with van der Waals surface area (Å²) in [5.41, 5.74) is 6.04. The van der Waals surface area contributed by atoms with Crippen molar-refractivity contribution >= 4 is 5.84 Å². The topological polar surface area (TPSA) is 58.6 Å². The summed E-state index contributed by atoms with van der Waals surface area (Å²) in [5, 5.41) is 8.60. The zero-order chi connectivity index (χ0) is 7.28. The highest BCUT2D eigenvalue weighted by Gasteiger charge is 1.95. The second-order valence-electron chi connectivity index (χ2n) is 1.58. The van der Waals surface area contributed by atoms with E-state index in [9.17, 15) is 0 Å². The van der Waals surface area contributed by atoms with Crippen LogP contribution in [0, 0.1) is 0 Å². The van der Waals surface area contributed by atoms with Crippen LogP contribution in [0.4, 0.5) is 0 Å². The van der Waals surface area contributed by atoms with Crippen molar-refractivity contribution in [1.29, 1.82) is 0 Å². The number of aliphatic hydroxyl groups excluding tert-OH is 1. The van der Waals surface area contributed by atoms with Gasteiger partial charge in [-0.2, -0.15) is 0 Å². The summed E-state index contributed by atoms with van der Waals surface area (Å²) in [6.07, 6.45) is 1.74. The molecule has 3 nitrogen and oxygen atoms in total. The van der Waals surface area contributed by atoms with E-state index in [1.807, 2.05) is 6.92 Å². The van der Waals surface area contributed by atoms with Crippen molar-refractivity contribution in [3.63, 3.8) is 0 Å². The second-order valence-corrected chi connectivity index (χ2v) is 1.58. The van der Waals surface area contributed by atoms with E-state index in [1.54, 1.807) is 13.1 Å². The highest BCUT2D eigenvalue weighted by Crippen LogP contribution is 1.90. The van der Waals surface area contributed by atoms with Gasteiger partial charge in [0, 0.05) is 12.6 Å². The first-order valence-corrected chi connectivity index (χ1v) is 2.75. The van der Waals surface area contributed by atoms with E-state index in [1.165, 1.54) is 0 Å². The van der Waals surface area contributed by atoms with E-state index in [4.69, 9.17) is 10.8 Å². The molecule has 0 saturated carbocycles. The van der Waals surface area contributed by atoms with E-state index in [2.05, 4.69) is 4.99 Å². The molecule has 0 heterocycles. The van der Waals surface area contributed by atoms with Crippen LogP contribution in [0.1, 0.15) is 6.92 Å². The lowest BCUT2D eigenvalue weighted by Crippen LogP contribution is -2.16. The zero-order valence-corrected chi connectivity index (χ0v) is 5.76. The minimum atomic E-state index is -0.0420. The SMILES string of the molecule is C/C=C(/CO)C(N)=NC. The summed E-state index contributed by atoms with van der Waals surface area (Å²) < 4.78 is 0. The summed E-state index contributed by atoms with van der Waals surface area (Å²) >= 11 is 0. The number of amidine groups is 1. The van der Waals surface area contributed by atoms with Crippen LogP contribution in [-0.4, -0.2) is 24.6 Å². The molecule has 0 atom stereocenters.